The average molecular weight is 325 g/mol. The molecule has 0 aliphatic carbocycles. The van der Waals surface area contributed by atoms with Crippen molar-refractivity contribution in [2.75, 3.05) is 0 Å². The zero-order chi connectivity index (χ0) is 17.1. The van der Waals surface area contributed by atoms with Gasteiger partial charge < -0.3 is 0 Å². The molecule has 2 rings (SSSR count). The van der Waals surface area contributed by atoms with E-state index in [9.17, 15) is 23.2 Å². The molecule has 0 amide bonds. The molecular weight excluding hydrogens is 308 g/mol. The lowest BCUT2D eigenvalue weighted by atomic mass is 10.1. The standard InChI is InChI=1S/C15H17F2N3O3/c1-3-5-6-9-8-10(21)11-12(20(9)14(16)17)18-15(23)19(7-4-2)13(11)22/h4,8,14H,2-3,5-7H2,1H3,(H,18,23). The zero-order valence-corrected chi connectivity index (χ0v) is 12.6. The Morgan fingerprint density at radius 3 is 2.61 bits per heavy atom. The number of aryl methyl sites for hydroxylation is 1. The number of unbranched alkanes of at least 4 members (excludes halogenated alkanes) is 1. The highest BCUT2D eigenvalue weighted by Crippen LogP contribution is 2.19. The molecule has 6 nitrogen and oxygen atoms in total. The zero-order valence-electron chi connectivity index (χ0n) is 12.6. The number of halogens is 2. The molecule has 124 valence electrons. The van der Waals surface area contributed by atoms with Crippen LogP contribution in [0.15, 0.2) is 33.1 Å². The summed E-state index contributed by atoms with van der Waals surface area (Å²) < 4.78 is 28.2. The summed E-state index contributed by atoms with van der Waals surface area (Å²) >= 11 is 0. The minimum absolute atomic E-state index is 0.0934. The van der Waals surface area contributed by atoms with Crippen molar-refractivity contribution in [3.05, 3.63) is 55.5 Å². The van der Waals surface area contributed by atoms with Gasteiger partial charge in [-0.3, -0.25) is 23.7 Å². The van der Waals surface area contributed by atoms with Gasteiger partial charge in [0.15, 0.2) is 5.43 Å². The van der Waals surface area contributed by atoms with Gasteiger partial charge in [0.05, 0.1) is 0 Å². The van der Waals surface area contributed by atoms with Gasteiger partial charge in [-0.2, -0.15) is 8.78 Å². The van der Waals surface area contributed by atoms with Crippen LogP contribution in [0.25, 0.3) is 11.0 Å². The normalized spacial score (nSPS) is 11.3. The monoisotopic (exact) mass is 325 g/mol. The first-order valence-corrected chi connectivity index (χ1v) is 7.22. The molecule has 0 aliphatic rings. The maximum Gasteiger partial charge on any atom is 0.330 e. The highest BCUT2D eigenvalue weighted by atomic mass is 19.3. The van der Waals surface area contributed by atoms with E-state index in [0.717, 1.165) is 17.1 Å². The number of nitrogens with zero attached hydrogens (tertiary/aromatic N) is 2. The SMILES string of the molecule is C=CCn1c(=O)[nH]c2c(c(=O)cc(CCCC)n2C(F)F)c1=O. The van der Waals surface area contributed by atoms with Crippen molar-refractivity contribution < 1.29 is 8.78 Å². The average Bonchev–Trinajstić information content (AvgIpc) is 2.48. The number of fused-ring (bicyclic) bond motifs is 1. The first-order chi connectivity index (χ1) is 10.9. The third kappa shape index (κ3) is 3.01. The Bertz CT molecular complexity index is 909. The topological polar surface area (TPSA) is 76.9 Å². The second-order valence-electron chi connectivity index (χ2n) is 5.11. The van der Waals surface area contributed by atoms with Crippen LogP contribution < -0.4 is 16.7 Å². The maximum absolute atomic E-state index is 13.4. The van der Waals surface area contributed by atoms with Gasteiger partial charge in [0, 0.05) is 18.3 Å². The Balaban J connectivity index is 2.93. The molecule has 0 aliphatic heterocycles. The molecule has 2 aromatic heterocycles. The Hall–Kier alpha value is -2.51. The number of rotatable bonds is 6. The van der Waals surface area contributed by atoms with Crippen molar-refractivity contribution in [1.29, 1.82) is 0 Å². The maximum atomic E-state index is 13.4. The molecule has 8 heteroatoms. The fourth-order valence-electron chi connectivity index (χ4n) is 2.47. The van der Waals surface area contributed by atoms with E-state index < -0.39 is 34.3 Å². The summed E-state index contributed by atoms with van der Waals surface area (Å²) in [6, 6.07) is 1.04. The summed E-state index contributed by atoms with van der Waals surface area (Å²) in [4.78, 5) is 38.7. The molecule has 23 heavy (non-hydrogen) atoms. The molecule has 0 fully saturated rings. The minimum atomic E-state index is -2.98. The van der Waals surface area contributed by atoms with E-state index in [-0.39, 0.29) is 18.7 Å². The molecule has 0 radical (unpaired) electrons. The Morgan fingerprint density at radius 1 is 1.35 bits per heavy atom. The Labute approximate surface area is 129 Å². The molecule has 0 bridgehead atoms. The molecule has 2 aromatic rings. The van der Waals surface area contributed by atoms with Crippen molar-refractivity contribution in [1.82, 2.24) is 14.1 Å². The van der Waals surface area contributed by atoms with E-state index in [1.54, 1.807) is 0 Å². The highest BCUT2D eigenvalue weighted by molar-refractivity contribution is 5.74. The van der Waals surface area contributed by atoms with Crippen molar-refractivity contribution >= 4 is 11.0 Å². The molecule has 0 aromatic carbocycles. The summed E-state index contributed by atoms with van der Waals surface area (Å²) in [5.41, 5.74) is -2.78. The third-order valence-corrected chi connectivity index (χ3v) is 3.55. The van der Waals surface area contributed by atoms with E-state index >= 15 is 0 Å². The summed E-state index contributed by atoms with van der Waals surface area (Å²) in [5, 5.41) is -0.452. The van der Waals surface area contributed by atoms with Crippen LogP contribution in [0.3, 0.4) is 0 Å². The van der Waals surface area contributed by atoms with Crippen LogP contribution in [0.4, 0.5) is 8.78 Å². The molecule has 0 spiro atoms. The number of hydrogen-bond acceptors (Lipinski definition) is 3. The molecular formula is C15H17F2N3O3. The first kappa shape index (κ1) is 16.9. The number of aromatic nitrogens is 3. The fraction of sp³-hybridized carbons (Fsp3) is 0.400. The smallest absolute Gasteiger partial charge is 0.292 e. The molecule has 0 saturated heterocycles. The van der Waals surface area contributed by atoms with Crippen LogP contribution in [-0.4, -0.2) is 14.1 Å². The van der Waals surface area contributed by atoms with Crippen LogP contribution in [0.1, 0.15) is 32.0 Å². The number of nitrogens with one attached hydrogen (secondary N) is 1. The third-order valence-electron chi connectivity index (χ3n) is 3.55. The predicted octanol–water partition coefficient (Wildman–Crippen LogP) is 1.78. The quantitative estimate of drug-likeness (QED) is 0.822. The van der Waals surface area contributed by atoms with Crippen molar-refractivity contribution in [3.8, 4) is 0 Å². The predicted molar refractivity (Wildman–Crippen MR) is 83.2 cm³/mol. The largest absolute Gasteiger partial charge is 0.330 e. The van der Waals surface area contributed by atoms with Gasteiger partial charge in [-0.25, -0.2) is 4.79 Å². The van der Waals surface area contributed by atoms with Crippen molar-refractivity contribution in [2.45, 2.75) is 39.3 Å². The van der Waals surface area contributed by atoms with Gasteiger partial charge in [-0.05, 0) is 12.8 Å². The van der Waals surface area contributed by atoms with E-state index in [0.29, 0.717) is 11.0 Å². The van der Waals surface area contributed by atoms with E-state index in [4.69, 9.17) is 0 Å². The fourth-order valence-corrected chi connectivity index (χ4v) is 2.47. The van der Waals surface area contributed by atoms with Gasteiger partial charge in [0.25, 0.3) is 5.56 Å². The van der Waals surface area contributed by atoms with Crippen LogP contribution >= 0.6 is 0 Å². The number of allylic oxidation sites excluding steroid dienone is 1. The first-order valence-electron chi connectivity index (χ1n) is 7.22. The van der Waals surface area contributed by atoms with Gasteiger partial charge in [-0.15, -0.1) is 6.58 Å². The van der Waals surface area contributed by atoms with Crippen molar-refractivity contribution in [2.24, 2.45) is 0 Å². The molecule has 0 atom stereocenters. The van der Waals surface area contributed by atoms with Gasteiger partial charge in [0.2, 0.25) is 0 Å². The summed E-state index contributed by atoms with van der Waals surface area (Å²) in [6.45, 7) is 2.22. The number of hydrogen-bond donors (Lipinski definition) is 1. The number of H-pyrrole nitrogens is 1. The summed E-state index contributed by atoms with van der Waals surface area (Å²) in [6.07, 6.45) is 2.93. The second kappa shape index (κ2) is 6.72. The molecule has 2 heterocycles. The van der Waals surface area contributed by atoms with E-state index in [1.807, 2.05) is 6.92 Å². The molecule has 0 unspecified atom stereocenters. The van der Waals surface area contributed by atoms with Crippen LogP contribution in [0, 0.1) is 0 Å². The lowest BCUT2D eigenvalue weighted by Crippen LogP contribution is -2.38. The van der Waals surface area contributed by atoms with Crippen LogP contribution in [-0.2, 0) is 13.0 Å². The number of alkyl halides is 2. The van der Waals surface area contributed by atoms with Crippen LogP contribution in [0.5, 0.6) is 0 Å². The second-order valence-corrected chi connectivity index (χ2v) is 5.11. The Morgan fingerprint density at radius 2 is 2.04 bits per heavy atom. The summed E-state index contributed by atoms with van der Waals surface area (Å²) in [7, 11) is 0. The molecule has 1 N–H and O–H groups in total. The van der Waals surface area contributed by atoms with Gasteiger partial charge >= 0.3 is 12.2 Å². The summed E-state index contributed by atoms with van der Waals surface area (Å²) in [5.74, 6) is 0. The van der Waals surface area contributed by atoms with Crippen molar-refractivity contribution in [3.63, 3.8) is 0 Å². The number of pyridine rings is 1. The van der Waals surface area contributed by atoms with E-state index in [2.05, 4.69) is 11.6 Å². The van der Waals surface area contributed by atoms with Crippen LogP contribution in [0.2, 0.25) is 0 Å². The lowest BCUT2D eigenvalue weighted by Gasteiger charge is -2.15. The Kier molecular flexibility index (Phi) is 4.92. The minimum Gasteiger partial charge on any atom is -0.292 e. The van der Waals surface area contributed by atoms with E-state index in [1.165, 1.54) is 6.08 Å². The molecule has 0 saturated carbocycles. The van der Waals surface area contributed by atoms with Gasteiger partial charge in [0.1, 0.15) is 11.0 Å². The van der Waals surface area contributed by atoms with Gasteiger partial charge in [-0.1, -0.05) is 19.4 Å². The lowest BCUT2D eigenvalue weighted by molar-refractivity contribution is 0.0707. The highest BCUT2D eigenvalue weighted by Gasteiger charge is 2.20. The number of aromatic amines is 1.